The van der Waals surface area contributed by atoms with Crippen molar-refractivity contribution in [3.8, 4) is 0 Å². The molecular weight excluding hydrogens is 370 g/mol. The Balaban J connectivity index is 1.82. The Bertz CT molecular complexity index is 1090. The van der Waals surface area contributed by atoms with Gasteiger partial charge in [-0.3, -0.25) is 9.59 Å². The van der Waals surface area contributed by atoms with Crippen molar-refractivity contribution in [2.24, 2.45) is 0 Å². The van der Waals surface area contributed by atoms with Gasteiger partial charge in [-0.25, -0.2) is 0 Å². The Morgan fingerprint density at radius 1 is 1.17 bits per heavy atom. The Morgan fingerprint density at radius 2 is 1.90 bits per heavy atom. The minimum atomic E-state index is -0.709. The highest BCUT2D eigenvalue weighted by molar-refractivity contribution is 6.16. The molecule has 1 N–H and O–H groups in total. The van der Waals surface area contributed by atoms with Crippen LogP contribution in [0.25, 0.3) is 11.0 Å². The summed E-state index contributed by atoms with van der Waals surface area (Å²) in [5.74, 6) is -1.54. The number of aryl methyl sites for hydroxylation is 1. The average molecular weight is 391 g/mol. The number of hydrogen-bond donors (Lipinski definition) is 1. The molecule has 1 atom stereocenters. The van der Waals surface area contributed by atoms with Crippen molar-refractivity contribution in [2.45, 2.75) is 13.0 Å². The molecule has 6 heteroatoms. The normalized spacial score (nSPS) is 16.8. The van der Waals surface area contributed by atoms with Crippen molar-refractivity contribution >= 4 is 22.7 Å². The van der Waals surface area contributed by atoms with Gasteiger partial charge in [-0.05, 0) is 30.2 Å². The van der Waals surface area contributed by atoms with Gasteiger partial charge in [-0.15, -0.1) is 0 Å². The second-order valence-corrected chi connectivity index (χ2v) is 6.99. The molecule has 0 saturated carbocycles. The summed E-state index contributed by atoms with van der Waals surface area (Å²) in [5, 5.41) is 11.4. The first-order valence-electron chi connectivity index (χ1n) is 9.34. The number of furan rings is 1. The standard InChI is InChI=1S/C23H21NO5/c1-14-7-3-5-9-16(14)20-19(22(26)23(27)24(20)11-12-28-2)21(25)18-13-15-8-4-6-10-17(15)29-18/h3-10,13,20,26H,11-12H2,1-2H3. The van der Waals surface area contributed by atoms with Gasteiger partial charge in [0.15, 0.2) is 11.5 Å². The summed E-state index contributed by atoms with van der Waals surface area (Å²) in [6.45, 7) is 2.44. The molecule has 0 spiro atoms. The number of amides is 1. The minimum absolute atomic E-state index is 0.0273. The molecule has 1 unspecified atom stereocenters. The first-order valence-corrected chi connectivity index (χ1v) is 9.34. The number of ether oxygens (including phenoxy) is 1. The third kappa shape index (κ3) is 3.21. The molecule has 1 aliphatic heterocycles. The number of methoxy groups -OCH3 is 1. The number of nitrogens with zero attached hydrogens (tertiary/aromatic N) is 1. The number of carbonyl (C=O) groups excluding carboxylic acids is 2. The van der Waals surface area contributed by atoms with E-state index >= 15 is 0 Å². The fourth-order valence-electron chi connectivity index (χ4n) is 3.75. The summed E-state index contributed by atoms with van der Waals surface area (Å²) in [6, 6.07) is 15.7. The molecule has 29 heavy (non-hydrogen) atoms. The van der Waals surface area contributed by atoms with Gasteiger partial charge in [-0.2, -0.15) is 0 Å². The fourth-order valence-corrected chi connectivity index (χ4v) is 3.75. The van der Waals surface area contributed by atoms with Crippen molar-refractivity contribution < 1.29 is 23.8 Å². The maximum Gasteiger partial charge on any atom is 0.290 e. The highest BCUT2D eigenvalue weighted by Gasteiger charge is 2.44. The molecule has 4 rings (SSSR count). The number of aliphatic hydroxyl groups is 1. The van der Waals surface area contributed by atoms with Crippen molar-refractivity contribution in [1.29, 1.82) is 0 Å². The topological polar surface area (TPSA) is 80.0 Å². The number of benzene rings is 2. The van der Waals surface area contributed by atoms with E-state index in [1.54, 1.807) is 12.1 Å². The first kappa shape index (κ1) is 19.0. The number of ketones is 1. The van der Waals surface area contributed by atoms with Crippen molar-refractivity contribution in [1.82, 2.24) is 4.90 Å². The first-order chi connectivity index (χ1) is 14.0. The Kier molecular flexibility index (Phi) is 4.94. The number of fused-ring (bicyclic) bond motifs is 1. The van der Waals surface area contributed by atoms with Gasteiger partial charge in [0.25, 0.3) is 5.91 Å². The predicted molar refractivity (Wildman–Crippen MR) is 108 cm³/mol. The Hall–Kier alpha value is -3.38. The molecule has 148 valence electrons. The van der Waals surface area contributed by atoms with Crippen LogP contribution in [-0.2, 0) is 9.53 Å². The summed E-state index contributed by atoms with van der Waals surface area (Å²) in [6.07, 6.45) is 0. The lowest BCUT2D eigenvalue weighted by atomic mass is 9.92. The molecule has 1 aliphatic rings. The molecule has 0 aliphatic carbocycles. The molecule has 2 aromatic carbocycles. The second kappa shape index (κ2) is 7.56. The minimum Gasteiger partial charge on any atom is -0.503 e. The maximum atomic E-state index is 13.4. The second-order valence-electron chi connectivity index (χ2n) is 6.99. The molecule has 0 bridgehead atoms. The van der Waals surface area contributed by atoms with Crippen LogP contribution in [0.15, 0.2) is 70.3 Å². The van der Waals surface area contributed by atoms with Gasteiger partial charge in [0.1, 0.15) is 5.58 Å². The van der Waals surface area contributed by atoms with Crippen LogP contribution in [0.4, 0.5) is 0 Å². The Labute approximate surface area is 168 Å². The largest absolute Gasteiger partial charge is 0.503 e. The molecular formula is C23H21NO5. The van der Waals surface area contributed by atoms with Gasteiger partial charge < -0.3 is 19.2 Å². The molecule has 1 amide bonds. The third-order valence-corrected chi connectivity index (χ3v) is 5.22. The van der Waals surface area contributed by atoms with E-state index in [9.17, 15) is 14.7 Å². The van der Waals surface area contributed by atoms with E-state index in [1.165, 1.54) is 12.0 Å². The highest BCUT2D eigenvalue weighted by Crippen LogP contribution is 2.40. The van der Waals surface area contributed by atoms with Crippen molar-refractivity contribution in [3.63, 3.8) is 0 Å². The van der Waals surface area contributed by atoms with Gasteiger partial charge in [-0.1, -0.05) is 42.5 Å². The van der Waals surface area contributed by atoms with Crippen LogP contribution in [0.1, 0.15) is 27.7 Å². The molecule has 2 heterocycles. The molecule has 3 aromatic rings. The van der Waals surface area contributed by atoms with Crippen LogP contribution in [0, 0.1) is 6.92 Å². The van der Waals surface area contributed by atoms with E-state index in [4.69, 9.17) is 9.15 Å². The third-order valence-electron chi connectivity index (χ3n) is 5.22. The van der Waals surface area contributed by atoms with Gasteiger partial charge in [0.2, 0.25) is 5.78 Å². The Morgan fingerprint density at radius 3 is 2.62 bits per heavy atom. The van der Waals surface area contributed by atoms with Crippen LogP contribution >= 0.6 is 0 Å². The number of carbonyl (C=O) groups is 2. The number of rotatable bonds is 6. The lowest BCUT2D eigenvalue weighted by molar-refractivity contribution is -0.130. The molecule has 0 radical (unpaired) electrons. The average Bonchev–Trinajstić information content (AvgIpc) is 3.26. The van der Waals surface area contributed by atoms with Crippen LogP contribution in [-0.4, -0.2) is 42.0 Å². The highest BCUT2D eigenvalue weighted by atomic mass is 16.5. The van der Waals surface area contributed by atoms with E-state index in [2.05, 4.69) is 0 Å². The summed E-state index contributed by atoms with van der Waals surface area (Å²) < 4.78 is 10.8. The molecule has 0 fully saturated rings. The van der Waals surface area contributed by atoms with E-state index in [1.807, 2.05) is 49.4 Å². The summed E-state index contributed by atoms with van der Waals surface area (Å²) in [7, 11) is 1.54. The SMILES string of the molecule is COCCN1C(=O)C(O)=C(C(=O)c2cc3ccccc3o2)C1c1ccccc1C. The number of aliphatic hydroxyl groups excluding tert-OH is 1. The van der Waals surface area contributed by atoms with Crippen molar-refractivity contribution in [2.75, 3.05) is 20.3 Å². The van der Waals surface area contributed by atoms with Crippen molar-refractivity contribution in [3.05, 3.63) is 82.8 Å². The molecule has 6 nitrogen and oxygen atoms in total. The number of hydrogen-bond acceptors (Lipinski definition) is 5. The molecule has 1 aromatic heterocycles. The van der Waals surface area contributed by atoms with Crippen LogP contribution in [0.5, 0.6) is 0 Å². The van der Waals surface area contributed by atoms with Gasteiger partial charge in [0.05, 0.1) is 18.2 Å². The molecule has 0 saturated heterocycles. The zero-order valence-electron chi connectivity index (χ0n) is 16.2. The van der Waals surface area contributed by atoms with E-state index < -0.39 is 23.5 Å². The summed E-state index contributed by atoms with van der Waals surface area (Å²) in [4.78, 5) is 27.6. The zero-order chi connectivity index (χ0) is 20.5. The monoisotopic (exact) mass is 391 g/mol. The lowest BCUT2D eigenvalue weighted by Crippen LogP contribution is -2.34. The quantitative estimate of drug-likeness (QED) is 0.643. The number of Topliss-reactive ketones (excluding diaryl/α,β-unsaturated/α-hetero) is 1. The van der Waals surface area contributed by atoms with Crippen LogP contribution < -0.4 is 0 Å². The zero-order valence-corrected chi connectivity index (χ0v) is 16.2. The maximum absolute atomic E-state index is 13.4. The smallest absolute Gasteiger partial charge is 0.290 e. The summed E-state index contributed by atoms with van der Waals surface area (Å²) in [5.41, 5.74) is 2.29. The van der Waals surface area contributed by atoms with Gasteiger partial charge in [0, 0.05) is 19.0 Å². The lowest BCUT2D eigenvalue weighted by Gasteiger charge is -2.27. The predicted octanol–water partition coefficient (Wildman–Crippen LogP) is 3.97. The van der Waals surface area contributed by atoms with Crippen LogP contribution in [0.3, 0.4) is 0 Å². The van der Waals surface area contributed by atoms with E-state index in [0.717, 1.165) is 16.5 Å². The van der Waals surface area contributed by atoms with Crippen LogP contribution in [0.2, 0.25) is 0 Å². The number of para-hydroxylation sites is 1. The van der Waals surface area contributed by atoms with E-state index in [0.29, 0.717) is 5.58 Å². The fraction of sp³-hybridized carbons (Fsp3) is 0.217. The summed E-state index contributed by atoms with van der Waals surface area (Å²) >= 11 is 0. The van der Waals surface area contributed by atoms with Gasteiger partial charge >= 0.3 is 0 Å². The van der Waals surface area contributed by atoms with E-state index in [-0.39, 0.29) is 24.5 Å².